The maximum Gasteiger partial charge on any atom is 0.307 e. The first-order chi connectivity index (χ1) is 10.6. The molecule has 2 fully saturated rings. The van der Waals surface area contributed by atoms with Gasteiger partial charge < -0.3 is 14.7 Å². The molecule has 0 aromatic heterocycles. The maximum absolute atomic E-state index is 13.4. The van der Waals surface area contributed by atoms with Crippen molar-refractivity contribution in [2.24, 2.45) is 11.8 Å². The molecule has 2 aliphatic rings. The van der Waals surface area contributed by atoms with Crippen molar-refractivity contribution in [3.05, 3.63) is 35.6 Å². The molecule has 1 saturated heterocycles. The fourth-order valence-electron chi connectivity index (χ4n) is 3.16. The van der Waals surface area contributed by atoms with E-state index in [1.165, 1.54) is 12.1 Å². The molecule has 22 heavy (non-hydrogen) atoms. The molecule has 3 atom stereocenters. The van der Waals surface area contributed by atoms with E-state index < -0.39 is 17.8 Å². The van der Waals surface area contributed by atoms with Gasteiger partial charge in [0.1, 0.15) is 5.82 Å². The molecule has 1 saturated carbocycles. The lowest BCUT2D eigenvalue weighted by Gasteiger charge is -2.42. The standard InChI is InChI=1S/C16H18FNO4/c17-11-3-1-2-10(8-11)14-9-22-7-6-18(14)15(19)12-4-5-13(12)16(20)21/h1-3,8,12-14H,4-7,9H2,(H,20,21)/t12-,13+,14?/m0/s1. The number of rotatable bonds is 3. The molecule has 0 bridgehead atoms. The molecule has 1 aromatic rings. The lowest BCUT2D eigenvalue weighted by Crippen LogP contribution is -2.51. The highest BCUT2D eigenvalue weighted by molar-refractivity contribution is 5.86. The summed E-state index contributed by atoms with van der Waals surface area (Å²) in [5.74, 6) is -2.49. The molecule has 1 aromatic carbocycles. The summed E-state index contributed by atoms with van der Waals surface area (Å²) < 4.78 is 18.9. The second-order valence-corrected chi connectivity index (χ2v) is 5.81. The van der Waals surface area contributed by atoms with Gasteiger partial charge >= 0.3 is 5.97 Å². The van der Waals surface area contributed by atoms with Crippen LogP contribution in [0.5, 0.6) is 0 Å². The minimum Gasteiger partial charge on any atom is -0.481 e. The quantitative estimate of drug-likeness (QED) is 0.925. The number of ether oxygens (including phenoxy) is 1. The Morgan fingerprint density at radius 2 is 2.05 bits per heavy atom. The lowest BCUT2D eigenvalue weighted by atomic mass is 9.72. The summed E-state index contributed by atoms with van der Waals surface area (Å²) in [6.07, 6.45) is 1.14. The summed E-state index contributed by atoms with van der Waals surface area (Å²) in [5, 5.41) is 9.13. The van der Waals surface area contributed by atoms with Crippen LogP contribution in [0.3, 0.4) is 0 Å². The second-order valence-electron chi connectivity index (χ2n) is 5.81. The number of carboxylic acids is 1. The van der Waals surface area contributed by atoms with E-state index in [0.29, 0.717) is 38.2 Å². The summed E-state index contributed by atoms with van der Waals surface area (Å²) >= 11 is 0. The molecule has 118 valence electrons. The number of halogens is 1. The Labute approximate surface area is 127 Å². The Kier molecular flexibility index (Phi) is 4.11. The largest absolute Gasteiger partial charge is 0.481 e. The third-order valence-electron chi connectivity index (χ3n) is 4.55. The van der Waals surface area contributed by atoms with Crippen molar-refractivity contribution in [3.8, 4) is 0 Å². The maximum atomic E-state index is 13.4. The van der Waals surface area contributed by atoms with Gasteiger partial charge in [-0.2, -0.15) is 0 Å². The van der Waals surface area contributed by atoms with E-state index in [1.807, 2.05) is 0 Å². The van der Waals surface area contributed by atoms with Crippen LogP contribution in [-0.4, -0.2) is 41.6 Å². The van der Waals surface area contributed by atoms with Crippen molar-refractivity contribution in [1.29, 1.82) is 0 Å². The van der Waals surface area contributed by atoms with Gasteiger partial charge in [-0.25, -0.2) is 4.39 Å². The number of nitrogens with zero attached hydrogens (tertiary/aromatic N) is 1. The van der Waals surface area contributed by atoms with E-state index in [9.17, 15) is 14.0 Å². The smallest absolute Gasteiger partial charge is 0.307 e. The van der Waals surface area contributed by atoms with Gasteiger partial charge in [0.2, 0.25) is 5.91 Å². The van der Waals surface area contributed by atoms with Gasteiger partial charge in [0.05, 0.1) is 31.1 Å². The van der Waals surface area contributed by atoms with Crippen molar-refractivity contribution >= 4 is 11.9 Å². The monoisotopic (exact) mass is 307 g/mol. The van der Waals surface area contributed by atoms with Crippen molar-refractivity contribution in [3.63, 3.8) is 0 Å². The summed E-state index contributed by atoms with van der Waals surface area (Å²) in [7, 11) is 0. The molecule has 1 aliphatic carbocycles. The number of carbonyl (C=O) groups excluding carboxylic acids is 1. The molecule has 1 aliphatic heterocycles. The normalized spacial score (nSPS) is 28.0. The first-order valence-corrected chi connectivity index (χ1v) is 7.44. The number of aliphatic carboxylic acids is 1. The highest BCUT2D eigenvalue weighted by atomic mass is 19.1. The van der Waals surface area contributed by atoms with E-state index >= 15 is 0 Å². The zero-order valence-corrected chi connectivity index (χ0v) is 12.1. The van der Waals surface area contributed by atoms with Gasteiger partial charge in [-0.3, -0.25) is 9.59 Å². The van der Waals surface area contributed by atoms with Crippen LogP contribution in [0, 0.1) is 17.7 Å². The summed E-state index contributed by atoms with van der Waals surface area (Å²) in [6, 6.07) is 5.76. The van der Waals surface area contributed by atoms with Crippen molar-refractivity contribution in [2.75, 3.05) is 19.8 Å². The Hall–Kier alpha value is -1.95. The van der Waals surface area contributed by atoms with Crippen molar-refractivity contribution in [1.82, 2.24) is 4.90 Å². The van der Waals surface area contributed by atoms with Crippen LogP contribution < -0.4 is 0 Å². The molecule has 0 spiro atoms. The van der Waals surface area contributed by atoms with Crippen LogP contribution >= 0.6 is 0 Å². The Balaban J connectivity index is 1.81. The van der Waals surface area contributed by atoms with E-state index in [0.717, 1.165) is 0 Å². The summed E-state index contributed by atoms with van der Waals surface area (Å²) in [6.45, 7) is 1.13. The fourth-order valence-corrected chi connectivity index (χ4v) is 3.16. The van der Waals surface area contributed by atoms with E-state index in [1.54, 1.807) is 17.0 Å². The van der Waals surface area contributed by atoms with E-state index in [4.69, 9.17) is 9.84 Å². The van der Waals surface area contributed by atoms with Gasteiger partial charge in [-0.15, -0.1) is 0 Å². The zero-order chi connectivity index (χ0) is 15.7. The molecular weight excluding hydrogens is 289 g/mol. The van der Waals surface area contributed by atoms with Gasteiger partial charge in [0.15, 0.2) is 0 Å². The highest BCUT2D eigenvalue weighted by Gasteiger charge is 2.45. The van der Waals surface area contributed by atoms with Gasteiger partial charge in [0.25, 0.3) is 0 Å². The SMILES string of the molecule is O=C(O)[C@@H]1CC[C@@H]1C(=O)N1CCOCC1c1cccc(F)c1. The van der Waals surface area contributed by atoms with Crippen LogP contribution in [-0.2, 0) is 14.3 Å². The van der Waals surface area contributed by atoms with Crippen LogP contribution in [0.25, 0.3) is 0 Å². The number of amides is 1. The average Bonchev–Trinajstić information content (AvgIpc) is 2.45. The molecule has 0 radical (unpaired) electrons. The number of benzene rings is 1. The number of morpholine rings is 1. The first-order valence-electron chi connectivity index (χ1n) is 7.44. The third kappa shape index (κ3) is 2.70. The molecule has 3 rings (SSSR count). The van der Waals surface area contributed by atoms with Gasteiger partial charge in [-0.1, -0.05) is 12.1 Å². The average molecular weight is 307 g/mol. The minimum atomic E-state index is -0.917. The number of carbonyl (C=O) groups is 2. The molecule has 5 nitrogen and oxygen atoms in total. The van der Waals surface area contributed by atoms with E-state index in [2.05, 4.69) is 0 Å². The number of hydrogen-bond acceptors (Lipinski definition) is 3. The molecule has 1 unspecified atom stereocenters. The predicted molar refractivity (Wildman–Crippen MR) is 75.5 cm³/mol. The Morgan fingerprint density at radius 3 is 2.68 bits per heavy atom. The molecule has 6 heteroatoms. The van der Waals surface area contributed by atoms with Crippen LogP contribution in [0.2, 0.25) is 0 Å². The third-order valence-corrected chi connectivity index (χ3v) is 4.55. The highest BCUT2D eigenvalue weighted by Crippen LogP contribution is 2.38. The fraction of sp³-hybridized carbons (Fsp3) is 0.500. The lowest BCUT2D eigenvalue weighted by molar-refractivity contribution is -0.161. The van der Waals surface area contributed by atoms with Crippen LogP contribution in [0.15, 0.2) is 24.3 Å². The summed E-state index contributed by atoms with van der Waals surface area (Å²) in [5.41, 5.74) is 0.680. The summed E-state index contributed by atoms with van der Waals surface area (Å²) in [4.78, 5) is 25.5. The van der Waals surface area contributed by atoms with Crippen LogP contribution in [0.1, 0.15) is 24.4 Å². The number of hydrogen-bond donors (Lipinski definition) is 1. The van der Waals surface area contributed by atoms with Gasteiger partial charge in [0, 0.05) is 6.54 Å². The van der Waals surface area contributed by atoms with Crippen LogP contribution in [0.4, 0.5) is 4.39 Å². The minimum absolute atomic E-state index is 0.156. The van der Waals surface area contributed by atoms with E-state index in [-0.39, 0.29) is 17.8 Å². The van der Waals surface area contributed by atoms with Gasteiger partial charge in [-0.05, 0) is 30.5 Å². The topological polar surface area (TPSA) is 66.8 Å². The number of carboxylic acid groups (broad SMARTS) is 1. The molecular formula is C16H18FNO4. The molecule has 1 heterocycles. The predicted octanol–water partition coefficient (Wildman–Crippen LogP) is 1.84. The Bertz CT molecular complexity index is 591. The van der Waals surface area contributed by atoms with Crippen molar-refractivity contribution < 1.29 is 23.8 Å². The molecule has 1 N–H and O–H groups in total. The Morgan fingerprint density at radius 1 is 1.27 bits per heavy atom. The van der Waals surface area contributed by atoms with Crippen molar-refractivity contribution in [2.45, 2.75) is 18.9 Å². The first kappa shape index (κ1) is 15.0. The zero-order valence-electron chi connectivity index (χ0n) is 12.1. The second kappa shape index (κ2) is 6.04. The molecule has 1 amide bonds.